The van der Waals surface area contributed by atoms with Crippen LogP contribution in [0.3, 0.4) is 0 Å². The van der Waals surface area contributed by atoms with Gasteiger partial charge in [0, 0.05) is 18.9 Å². The molecule has 8 nitrogen and oxygen atoms in total. The number of carbonyl (C=O) groups is 2. The molecule has 0 saturated heterocycles. The SMILES string of the molecule is Cc1ccc(Oc2ccc(N(C)C(=O)Cn3cc(NC(=O)CCOc4cccc(C)c4)cn3)cc2)cc1. The molecular formula is C29H30N4O4. The number of nitrogens with one attached hydrogen (secondary N) is 1. The summed E-state index contributed by atoms with van der Waals surface area (Å²) in [6.45, 7) is 4.31. The molecule has 0 aliphatic heterocycles. The number of likely N-dealkylation sites (N-methyl/N-ethyl adjacent to an activating group) is 1. The van der Waals surface area contributed by atoms with E-state index >= 15 is 0 Å². The Balaban J connectivity index is 1.24. The van der Waals surface area contributed by atoms with Crippen molar-refractivity contribution in [3.63, 3.8) is 0 Å². The van der Waals surface area contributed by atoms with E-state index in [1.807, 2.05) is 86.6 Å². The Morgan fingerprint density at radius 1 is 0.919 bits per heavy atom. The van der Waals surface area contributed by atoms with Crippen LogP contribution < -0.4 is 19.7 Å². The second-order valence-electron chi connectivity index (χ2n) is 8.75. The average Bonchev–Trinajstić information content (AvgIpc) is 3.32. The van der Waals surface area contributed by atoms with E-state index in [0.717, 1.165) is 28.3 Å². The van der Waals surface area contributed by atoms with Crippen molar-refractivity contribution in [3.05, 3.63) is 96.3 Å². The second-order valence-corrected chi connectivity index (χ2v) is 8.75. The maximum absolute atomic E-state index is 12.8. The van der Waals surface area contributed by atoms with Crippen LogP contribution in [-0.4, -0.2) is 35.2 Å². The van der Waals surface area contributed by atoms with Crippen LogP contribution in [-0.2, 0) is 16.1 Å². The Hall–Kier alpha value is -4.59. The molecule has 1 N–H and O–H groups in total. The summed E-state index contributed by atoms with van der Waals surface area (Å²) >= 11 is 0. The van der Waals surface area contributed by atoms with Crippen LogP contribution in [0.4, 0.5) is 11.4 Å². The van der Waals surface area contributed by atoms with Crippen molar-refractivity contribution in [2.75, 3.05) is 23.9 Å². The van der Waals surface area contributed by atoms with Gasteiger partial charge in [-0.3, -0.25) is 14.3 Å². The summed E-state index contributed by atoms with van der Waals surface area (Å²) in [5.74, 6) is 1.83. The van der Waals surface area contributed by atoms with Gasteiger partial charge in [0.05, 0.1) is 24.9 Å². The van der Waals surface area contributed by atoms with E-state index in [1.54, 1.807) is 18.1 Å². The summed E-state index contributed by atoms with van der Waals surface area (Å²) < 4.78 is 13.0. The number of hydrogen-bond donors (Lipinski definition) is 1. The third-order valence-corrected chi connectivity index (χ3v) is 5.66. The van der Waals surface area contributed by atoms with Crippen LogP contribution in [0.15, 0.2) is 85.2 Å². The molecule has 1 heterocycles. The fraction of sp³-hybridized carbons (Fsp3) is 0.207. The van der Waals surface area contributed by atoms with Crippen molar-refractivity contribution in [2.45, 2.75) is 26.8 Å². The summed E-state index contributed by atoms with van der Waals surface area (Å²) in [7, 11) is 1.71. The molecule has 1 aromatic heterocycles. The minimum atomic E-state index is -0.191. The van der Waals surface area contributed by atoms with Crippen LogP contribution in [0.25, 0.3) is 0 Å². The van der Waals surface area contributed by atoms with Gasteiger partial charge in [0.15, 0.2) is 0 Å². The fourth-order valence-corrected chi connectivity index (χ4v) is 3.57. The number of anilines is 2. The van der Waals surface area contributed by atoms with Crippen LogP contribution in [0, 0.1) is 13.8 Å². The van der Waals surface area contributed by atoms with Crippen LogP contribution >= 0.6 is 0 Å². The summed E-state index contributed by atoms with van der Waals surface area (Å²) in [6, 6.07) is 22.8. The Bertz CT molecular complexity index is 1350. The van der Waals surface area contributed by atoms with Gasteiger partial charge in [-0.1, -0.05) is 29.8 Å². The molecule has 0 unspecified atom stereocenters. The number of nitrogens with zero attached hydrogens (tertiary/aromatic N) is 3. The zero-order chi connectivity index (χ0) is 26.2. The van der Waals surface area contributed by atoms with Gasteiger partial charge in [-0.2, -0.15) is 5.10 Å². The quantitative estimate of drug-likeness (QED) is 0.318. The highest BCUT2D eigenvalue weighted by molar-refractivity contribution is 5.93. The molecule has 0 saturated carbocycles. The number of aromatic nitrogens is 2. The Morgan fingerprint density at radius 3 is 2.32 bits per heavy atom. The summed E-state index contributed by atoms with van der Waals surface area (Å²) in [5.41, 5.74) is 3.51. The minimum absolute atomic E-state index is 0.0322. The number of benzene rings is 3. The van der Waals surface area contributed by atoms with Crippen molar-refractivity contribution in [3.8, 4) is 17.2 Å². The Morgan fingerprint density at radius 2 is 1.62 bits per heavy atom. The lowest BCUT2D eigenvalue weighted by molar-refractivity contribution is -0.119. The fourth-order valence-electron chi connectivity index (χ4n) is 3.57. The lowest BCUT2D eigenvalue weighted by Gasteiger charge is -2.18. The van der Waals surface area contributed by atoms with E-state index in [4.69, 9.17) is 9.47 Å². The molecule has 4 aromatic rings. The highest BCUT2D eigenvalue weighted by Gasteiger charge is 2.13. The van der Waals surface area contributed by atoms with Gasteiger partial charge in [-0.15, -0.1) is 0 Å². The van der Waals surface area contributed by atoms with E-state index in [1.165, 1.54) is 10.9 Å². The molecule has 0 bridgehead atoms. The molecule has 0 fully saturated rings. The van der Waals surface area contributed by atoms with Crippen molar-refractivity contribution in [1.82, 2.24) is 9.78 Å². The van der Waals surface area contributed by atoms with Crippen LogP contribution in [0.1, 0.15) is 17.5 Å². The second kappa shape index (κ2) is 11.9. The number of rotatable bonds is 10. The number of aryl methyl sites for hydroxylation is 2. The molecule has 0 atom stereocenters. The van der Waals surface area contributed by atoms with Crippen LogP contribution in [0.2, 0.25) is 0 Å². The summed E-state index contributed by atoms with van der Waals surface area (Å²) in [4.78, 5) is 26.6. The van der Waals surface area contributed by atoms with Gasteiger partial charge in [0.25, 0.3) is 0 Å². The summed E-state index contributed by atoms with van der Waals surface area (Å²) in [6.07, 6.45) is 3.35. The first kappa shape index (κ1) is 25.5. The first-order chi connectivity index (χ1) is 17.9. The third-order valence-electron chi connectivity index (χ3n) is 5.66. The molecule has 190 valence electrons. The van der Waals surface area contributed by atoms with Gasteiger partial charge in [-0.25, -0.2) is 0 Å². The van der Waals surface area contributed by atoms with E-state index in [2.05, 4.69) is 10.4 Å². The van der Waals surface area contributed by atoms with E-state index in [9.17, 15) is 9.59 Å². The van der Waals surface area contributed by atoms with Crippen molar-refractivity contribution < 1.29 is 19.1 Å². The lowest BCUT2D eigenvalue weighted by atomic mass is 10.2. The zero-order valence-corrected chi connectivity index (χ0v) is 21.2. The third kappa shape index (κ3) is 7.44. The van der Waals surface area contributed by atoms with Gasteiger partial charge < -0.3 is 19.7 Å². The van der Waals surface area contributed by atoms with E-state index in [-0.39, 0.29) is 31.4 Å². The molecule has 4 rings (SSSR count). The largest absolute Gasteiger partial charge is 0.493 e. The molecule has 37 heavy (non-hydrogen) atoms. The predicted molar refractivity (Wildman–Crippen MR) is 143 cm³/mol. The normalized spacial score (nSPS) is 10.6. The molecule has 8 heteroatoms. The molecule has 3 aromatic carbocycles. The highest BCUT2D eigenvalue weighted by atomic mass is 16.5. The number of amides is 2. The van der Waals surface area contributed by atoms with E-state index in [0.29, 0.717) is 11.4 Å². The van der Waals surface area contributed by atoms with Crippen molar-refractivity contribution in [2.24, 2.45) is 0 Å². The monoisotopic (exact) mass is 498 g/mol. The highest BCUT2D eigenvalue weighted by Crippen LogP contribution is 2.24. The van der Waals surface area contributed by atoms with Gasteiger partial charge in [-0.05, 0) is 67.9 Å². The van der Waals surface area contributed by atoms with Gasteiger partial charge >= 0.3 is 0 Å². The van der Waals surface area contributed by atoms with Crippen molar-refractivity contribution >= 4 is 23.2 Å². The predicted octanol–water partition coefficient (Wildman–Crippen LogP) is 5.36. The van der Waals surface area contributed by atoms with Gasteiger partial charge in [0.2, 0.25) is 11.8 Å². The Labute approximate surface area is 216 Å². The van der Waals surface area contributed by atoms with Gasteiger partial charge in [0.1, 0.15) is 23.8 Å². The van der Waals surface area contributed by atoms with Crippen LogP contribution in [0.5, 0.6) is 17.2 Å². The molecule has 0 aliphatic rings. The standard InChI is InChI=1S/C29H30N4O4/c1-21-7-11-25(12-8-21)37-26-13-9-24(10-14-26)32(3)29(35)20-33-19-23(18-30-33)31-28(34)15-16-36-27-6-4-5-22(2)17-27/h4-14,17-19H,15-16,20H2,1-3H3,(H,31,34). The van der Waals surface area contributed by atoms with Crippen molar-refractivity contribution in [1.29, 1.82) is 0 Å². The number of hydrogen-bond acceptors (Lipinski definition) is 5. The maximum atomic E-state index is 12.8. The molecule has 0 aliphatic carbocycles. The molecular weight excluding hydrogens is 468 g/mol. The minimum Gasteiger partial charge on any atom is -0.493 e. The first-order valence-electron chi connectivity index (χ1n) is 12.0. The maximum Gasteiger partial charge on any atom is 0.248 e. The summed E-state index contributed by atoms with van der Waals surface area (Å²) in [5, 5.41) is 6.98. The molecule has 0 spiro atoms. The lowest BCUT2D eigenvalue weighted by Crippen LogP contribution is -2.30. The smallest absolute Gasteiger partial charge is 0.248 e. The molecule has 0 radical (unpaired) electrons. The Kier molecular flexibility index (Phi) is 8.20. The molecule has 2 amide bonds. The number of carbonyl (C=O) groups excluding carboxylic acids is 2. The number of ether oxygens (including phenoxy) is 2. The zero-order valence-electron chi connectivity index (χ0n) is 21.2. The first-order valence-corrected chi connectivity index (χ1v) is 12.0. The topological polar surface area (TPSA) is 85.7 Å². The van der Waals surface area contributed by atoms with E-state index < -0.39 is 0 Å². The average molecular weight is 499 g/mol.